The zero-order valence-electron chi connectivity index (χ0n) is 25.2. The van der Waals surface area contributed by atoms with Crippen molar-refractivity contribution in [2.24, 2.45) is 0 Å². The van der Waals surface area contributed by atoms with Crippen molar-refractivity contribution in [2.45, 2.75) is 0 Å². The smallest absolute Gasteiger partial charge is 0.164 e. The summed E-state index contributed by atoms with van der Waals surface area (Å²) < 4.78 is 6.20. The Morgan fingerprint density at radius 1 is 0.340 bits per heavy atom. The Balaban J connectivity index is 1.18. The van der Waals surface area contributed by atoms with Crippen molar-refractivity contribution < 1.29 is 4.42 Å². The van der Waals surface area contributed by atoms with Crippen molar-refractivity contribution in [1.29, 1.82) is 0 Å². The third kappa shape index (κ3) is 4.05. The topological polar surface area (TPSA) is 51.8 Å². The van der Waals surface area contributed by atoms with Gasteiger partial charge in [0.2, 0.25) is 0 Å². The van der Waals surface area contributed by atoms with Gasteiger partial charge in [-0.1, -0.05) is 133 Å². The van der Waals surface area contributed by atoms with E-state index in [1.54, 1.807) is 0 Å². The molecule has 0 saturated heterocycles. The molecular weight excluding hydrogens is 574 g/mol. The van der Waals surface area contributed by atoms with E-state index in [4.69, 9.17) is 19.4 Å². The Morgan fingerprint density at radius 3 is 1.74 bits per heavy atom. The summed E-state index contributed by atoms with van der Waals surface area (Å²) in [5, 5.41) is 12.0. The van der Waals surface area contributed by atoms with E-state index in [0.717, 1.165) is 44.0 Å². The maximum atomic E-state index is 6.20. The minimum Gasteiger partial charge on any atom is -0.456 e. The standard InChI is InChI=1S/C43H25N3O/c1-2-10-27(11-3-1)41-44-42(46-43(45-41)37-14-8-16-39-40(37)36-13-6-7-15-38(36)47-39)29-19-20-31-28(25-29)18-22-35-33(31)24-23-32-30-12-5-4-9-26(30)17-21-34(32)35/h1-25H. The van der Waals surface area contributed by atoms with E-state index < -0.39 is 0 Å². The number of nitrogens with zero attached hydrogens (tertiary/aromatic N) is 3. The van der Waals surface area contributed by atoms with Gasteiger partial charge in [0, 0.05) is 27.5 Å². The fraction of sp³-hybridized carbons (Fsp3) is 0. The monoisotopic (exact) mass is 599 g/mol. The molecule has 4 nitrogen and oxygen atoms in total. The Hall–Kier alpha value is -6.39. The van der Waals surface area contributed by atoms with Crippen LogP contribution >= 0.6 is 0 Å². The van der Waals surface area contributed by atoms with E-state index in [-0.39, 0.29) is 0 Å². The third-order valence-corrected chi connectivity index (χ3v) is 9.31. The minimum absolute atomic E-state index is 0.614. The van der Waals surface area contributed by atoms with Gasteiger partial charge in [0.15, 0.2) is 17.5 Å². The van der Waals surface area contributed by atoms with E-state index in [2.05, 4.69) is 91.0 Å². The van der Waals surface area contributed by atoms with Crippen molar-refractivity contribution in [3.63, 3.8) is 0 Å². The molecule has 0 unspecified atom stereocenters. The third-order valence-electron chi connectivity index (χ3n) is 9.31. The van der Waals surface area contributed by atoms with Crippen LogP contribution in [0.1, 0.15) is 0 Å². The van der Waals surface area contributed by atoms with Gasteiger partial charge in [-0.2, -0.15) is 0 Å². The summed E-state index contributed by atoms with van der Waals surface area (Å²) in [4.78, 5) is 15.2. The summed E-state index contributed by atoms with van der Waals surface area (Å²) in [6.07, 6.45) is 0. The zero-order chi connectivity index (χ0) is 30.9. The minimum atomic E-state index is 0.614. The summed E-state index contributed by atoms with van der Waals surface area (Å²) in [6, 6.07) is 52.9. The first-order valence-electron chi connectivity index (χ1n) is 15.8. The summed E-state index contributed by atoms with van der Waals surface area (Å²) in [5.41, 5.74) is 4.45. The molecule has 0 aliphatic rings. The molecular formula is C43H25N3O. The van der Waals surface area contributed by atoms with Gasteiger partial charge >= 0.3 is 0 Å². The van der Waals surface area contributed by atoms with Crippen molar-refractivity contribution in [1.82, 2.24) is 15.0 Å². The van der Waals surface area contributed by atoms with Crippen molar-refractivity contribution in [3.8, 4) is 34.2 Å². The van der Waals surface area contributed by atoms with Crippen LogP contribution in [0, 0.1) is 0 Å². The molecule has 0 atom stereocenters. The van der Waals surface area contributed by atoms with Gasteiger partial charge in [-0.05, 0) is 61.3 Å². The molecule has 0 spiro atoms. The molecule has 218 valence electrons. The number of furan rings is 1. The molecule has 0 fully saturated rings. The molecule has 0 aliphatic carbocycles. The lowest BCUT2D eigenvalue weighted by Gasteiger charge is -2.12. The van der Waals surface area contributed by atoms with Gasteiger partial charge in [0.05, 0.1) is 0 Å². The van der Waals surface area contributed by atoms with Gasteiger partial charge in [0.25, 0.3) is 0 Å². The van der Waals surface area contributed by atoms with Crippen LogP contribution in [0.15, 0.2) is 156 Å². The first-order chi connectivity index (χ1) is 23.3. The molecule has 10 rings (SSSR count). The van der Waals surface area contributed by atoms with Crippen LogP contribution in [0.5, 0.6) is 0 Å². The first-order valence-corrected chi connectivity index (χ1v) is 15.8. The predicted octanol–water partition coefficient (Wildman–Crippen LogP) is 11.4. The highest BCUT2D eigenvalue weighted by Crippen LogP contribution is 2.38. The van der Waals surface area contributed by atoms with Crippen molar-refractivity contribution in [3.05, 3.63) is 152 Å². The van der Waals surface area contributed by atoms with Crippen LogP contribution in [0.4, 0.5) is 0 Å². The molecule has 0 bridgehead atoms. The molecule has 0 radical (unpaired) electrons. The molecule has 47 heavy (non-hydrogen) atoms. The van der Waals surface area contributed by atoms with Crippen LogP contribution in [-0.2, 0) is 0 Å². The highest BCUT2D eigenvalue weighted by atomic mass is 16.3. The van der Waals surface area contributed by atoms with Crippen LogP contribution in [0.2, 0.25) is 0 Å². The fourth-order valence-electron chi connectivity index (χ4n) is 7.09. The second-order valence-corrected chi connectivity index (χ2v) is 12.0. The number of hydrogen-bond donors (Lipinski definition) is 0. The van der Waals surface area contributed by atoms with Crippen LogP contribution in [0.25, 0.3) is 99.2 Å². The van der Waals surface area contributed by atoms with Gasteiger partial charge in [-0.15, -0.1) is 0 Å². The van der Waals surface area contributed by atoms with Crippen LogP contribution < -0.4 is 0 Å². The fourth-order valence-corrected chi connectivity index (χ4v) is 7.09. The highest BCUT2D eigenvalue weighted by Gasteiger charge is 2.18. The van der Waals surface area contributed by atoms with E-state index in [9.17, 15) is 0 Å². The highest BCUT2D eigenvalue weighted by molar-refractivity contribution is 6.22. The van der Waals surface area contributed by atoms with Crippen LogP contribution in [-0.4, -0.2) is 15.0 Å². The Bertz CT molecular complexity index is 2850. The lowest BCUT2D eigenvalue weighted by molar-refractivity contribution is 0.669. The van der Waals surface area contributed by atoms with E-state index in [0.29, 0.717) is 17.5 Å². The SMILES string of the molecule is c1ccc(-c2nc(-c3ccc4c(ccc5c4ccc4c6ccccc6ccc45)c3)nc(-c3cccc4oc5ccccc5c34)n2)cc1. The normalized spacial score (nSPS) is 11.8. The molecule has 0 N–H and O–H groups in total. The second-order valence-electron chi connectivity index (χ2n) is 12.0. The number of rotatable bonds is 3. The van der Waals surface area contributed by atoms with Crippen LogP contribution in [0.3, 0.4) is 0 Å². The average molecular weight is 600 g/mol. The maximum absolute atomic E-state index is 6.20. The molecule has 0 aliphatic heterocycles. The Kier molecular flexibility index (Phi) is 5.54. The second kappa shape index (κ2) is 10.1. The summed E-state index contributed by atoms with van der Waals surface area (Å²) in [7, 11) is 0. The Labute approximate surface area is 269 Å². The average Bonchev–Trinajstić information content (AvgIpc) is 3.53. The largest absolute Gasteiger partial charge is 0.456 e. The number of hydrogen-bond acceptors (Lipinski definition) is 4. The quantitative estimate of drug-likeness (QED) is 0.190. The van der Waals surface area contributed by atoms with E-state index in [1.165, 1.54) is 37.7 Å². The first kappa shape index (κ1) is 25.9. The molecule has 2 heterocycles. The maximum Gasteiger partial charge on any atom is 0.164 e. The van der Waals surface area contributed by atoms with Gasteiger partial charge in [0.1, 0.15) is 11.2 Å². The molecule has 10 aromatic rings. The molecule has 2 aromatic heterocycles. The number of para-hydroxylation sites is 1. The number of benzene rings is 8. The van der Waals surface area contributed by atoms with Gasteiger partial charge in [-0.3, -0.25) is 0 Å². The zero-order valence-corrected chi connectivity index (χ0v) is 25.2. The molecule has 0 saturated carbocycles. The number of fused-ring (bicyclic) bond motifs is 10. The molecule has 0 amide bonds. The van der Waals surface area contributed by atoms with Gasteiger partial charge in [-0.25, -0.2) is 15.0 Å². The van der Waals surface area contributed by atoms with Crippen molar-refractivity contribution >= 4 is 65.0 Å². The predicted molar refractivity (Wildman–Crippen MR) is 193 cm³/mol. The summed E-state index contributed by atoms with van der Waals surface area (Å²) in [6.45, 7) is 0. The van der Waals surface area contributed by atoms with Crippen molar-refractivity contribution in [2.75, 3.05) is 0 Å². The summed E-state index contributed by atoms with van der Waals surface area (Å²) >= 11 is 0. The molecule has 4 heteroatoms. The lowest BCUT2D eigenvalue weighted by atomic mass is 9.94. The van der Waals surface area contributed by atoms with E-state index >= 15 is 0 Å². The van der Waals surface area contributed by atoms with E-state index in [1.807, 2.05) is 60.7 Å². The van der Waals surface area contributed by atoms with Gasteiger partial charge < -0.3 is 4.42 Å². The lowest BCUT2D eigenvalue weighted by Crippen LogP contribution is -2.00. The molecule has 8 aromatic carbocycles. The number of aromatic nitrogens is 3. The summed E-state index contributed by atoms with van der Waals surface area (Å²) in [5.74, 6) is 1.88. The Morgan fingerprint density at radius 2 is 0.915 bits per heavy atom.